The van der Waals surface area contributed by atoms with Crippen molar-refractivity contribution < 1.29 is 9.53 Å². The molecule has 0 spiro atoms. The Bertz CT molecular complexity index is 786. The Morgan fingerprint density at radius 1 is 1.00 bits per heavy atom. The summed E-state index contributed by atoms with van der Waals surface area (Å²) in [6.45, 7) is 3.64. The van der Waals surface area contributed by atoms with Crippen molar-refractivity contribution in [1.82, 2.24) is 4.90 Å². The molecule has 2 saturated heterocycles. The predicted octanol–water partition coefficient (Wildman–Crippen LogP) is 3.98. The molecule has 154 valence electrons. The van der Waals surface area contributed by atoms with Gasteiger partial charge in [0.25, 0.3) is 0 Å². The molecule has 0 aliphatic carbocycles. The molecule has 2 atom stereocenters. The van der Waals surface area contributed by atoms with Crippen molar-refractivity contribution in [3.8, 4) is 0 Å². The normalized spacial score (nSPS) is 23.1. The quantitative estimate of drug-likeness (QED) is 0.779. The molecule has 0 radical (unpaired) electrons. The van der Waals surface area contributed by atoms with Gasteiger partial charge in [-0.3, -0.25) is 4.79 Å². The number of benzene rings is 2. The number of hydrogen-bond acceptors (Lipinski definition) is 4. The first-order valence-electron chi connectivity index (χ1n) is 10.7. The monoisotopic (exact) mass is 393 g/mol. The number of hydrogen-bond donors (Lipinski definition) is 2. The third-order valence-corrected chi connectivity index (χ3v) is 6.19. The van der Waals surface area contributed by atoms with E-state index in [9.17, 15) is 4.79 Å². The summed E-state index contributed by atoms with van der Waals surface area (Å²) < 4.78 is 6.00. The third kappa shape index (κ3) is 5.17. The maximum Gasteiger partial charge on any atom is 0.230 e. The van der Waals surface area contributed by atoms with E-state index in [4.69, 9.17) is 4.74 Å². The van der Waals surface area contributed by atoms with Gasteiger partial charge in [-0.15, -0.1) is 0 Å². The van der Waals surface area contributed by atoms with Crippen LogP contribution in [0.5, 0.6) is 0 Å². The van der Waals surface area contributed by atoms with E-state index in [1.807, 2.05) is 30.3 Å². The smallest absolute Gasteiger partial charge is 0.230 e. The van der Waals surface area contributed by atoms with Crippen LogP contribution in [0.15, 0.2) is 54.6 Å². The number of amides is 1. The maximum atomic E-state index is 12.9. The van der Waals surface area contributed by atoms with E-state index in [1.54, 1.807) is 0 Å². The second kappa shape index (κ2) is 9.42. The minimum absolute atomic E-state index is 0.0390. The number of likely N-dealkylation sites (tertiary alicyclic amines) is 1. The molecule has 2 aliphatic rings. The molecule has 29 heavy (non-hydrogen) atoms. The summed E-state index contributed by atoms with van der Waals surface area (Å²) >= 11 is 0. The van der Waals surface area contributed by atoms with E-state index in [0.717, 1.165) is 50.3 Å². The predicted molar refractivity (Wildman–Crippen MR) is 117 cm³/mol. The lowest BCUT2D eigenvalue weighted by Crippen LogP contribution is -2.40. The summed E-state index contributed by atoms with van der Waals surface area (Å²) in [6.07, 6.45) is 3.13. The topological polar surface area (TPSA) is 53.6 Å². The zero-order valence-electron chi connectivity index (χ0n) is 17.1. The number of rotatable bonds is 6. The molecule has 2 heterocycles. The fraction of sp³-hybridized carbons (Fsp3) is 0.458. The highest BCUT2D eigenvalue weighted by molar-refractivity contribution is 5.93. The van der Waals surface area contributed by atoms with Gasteiger partial charge in [0.1, 0.15) is 0 Å². The van der Waals surface area contributed by atoms with Gasteiger partial charge in [0.15, 0.2) is 0 Å². The number of carbonyl (C=O) groups is 1. The lowest BCUT2D eigenvalue weighted by atomic mass is 9.84. The molecule has 2 aromatic rings. The lowest BCUT2D eigenvalue weighted by molar-refractivity contribution is -0.122. The van der Waals surface area contributed by atoms with Crippen LogP contribution in [0.1, 0.15) is 24.8 Å². The molecular formula is C24H31N3O2. The van der Waals surface area contributed by atoms with Gasteiger partial charge in [0.2, 0.25) is 5.91 Å². The average molecular weight is 394 g/mol. The first-order chi connectivity index (χ1) is 14.2. The molecule has 4 rings (SSSR count). The second-order valence-corrected chi connectivity index (χ2v) is 8.28. The van der Waals surface area contributed by atoms with Crippen molar-refractivity contribution >= 4 is 17.3 Å². The number of para-hydroxylation sites is 1. The molecule has 1 amide bonds. The zero-order chi connectivity index (χ0) is 20.1. The molecule has 0 unspecified atom stereocenters. The highest BCUT2D eigenvalue weighted by Crippen LogP contribution is 2.33. The fourth-order valence-electron chi connectivity index (χ4n) is 4.41. The van der Waals surface area contributed by atoms with E-state index >= 15 is 0 Å². The van der Waals surface area contributed by atoms with Crippen molar-refractivity contribution in [3.05, 3.63) is 60.2 Å². The number of ether oxygens (including phenoxy) is 1. The Hall–Kier alpha value is -2.37. The number of anilines is 2. The molecule has 0 aromatic heterocycles. The Balaban J connectivity index is 1.30. The second-order valence-electron chi connectivity index (χ2n) is 8.28. The van der Waals surface area contributed by atoms with Gasteiger partial charge in [-0.2, -0.15) is 0 Å². The molecule has 0 bridgehead atoms. The van der Waals surface area contributed by atoms with Crippen molar-refractivity contribution in [2.24, 2.45) is 11.8 Å². The van der Waals surface area contributed by atoms with Gasteiger partial charge < -0.3 is 20.3 Å². The van der Waals surface area contributed by atoms with Gasteiger partial charge in [-0.05, 0) is 75.1 Å². The number of piperidine rings is 1. The molecule has 5 nitrogen and oxygen atoms in total. The van der Waals surface area contributed by atoms with Crippen molar-refractivity contribution in [2.75, 3.05) is 37.4 Å². The first-order valence-corrected chi connectivity index (χ1v) is 10.7. The Labute approximate surface area is 173 Å². The van der Waals surface area contributed by atoms with Crippen LogP contribution in [-0.4, -0.2) is 43.7 Å². The van der Waals surface area contributed by atoms with Crippen LogP contribution in [0.25, 0.3) is 0 Å². The van der Waals surface area contributed by atoms with Crippen LogP contribution in [-0.2, 0) is 16.1 Å². The van der Waals surface area contributed by atoms with Gasteiger partial charge in [0.05, 0.1) is 12.0 Å². The van der Waals surface area contributed by atoms with E-state index in [0.29, 0.717) is 12.5 Å². The fourth-order valence-corrected chi connectivity index (χ4v) is 4.41. The molecule has 2 fully saturated rings. The molecule has 2 N–H and O–H groups in total. The largest absolute Gasteiger partial charge is 0.381 e. The lowest BCUT2D eigenvalue weighted by Gasteiger charge is -2.34. The van der Waals surface area contributed by atoms with Crippen LogP contribution in [0, 0.1) is 11.8 Å². The third-order valence-electron chi connectivity index (χ3n) is 6.19. The summed E-state index contributed by atoms with van der Waals surface area (Å²) in [6, 6.07) is 18.3. The maximum absolute atomic E-state index is 12.9. The minimum Gasteiger partial charge on any atom is -0.381 e. The summed E-state index contributed by atoms with van der Waals surface area (Å²) in [5, 5.41) is 6.52. The Morgan fingerprint density at radius 3 is 2.45 bits per heavy atom. The van der Waals surface area contributed by atoms with E-state index in [2.05, 4.69) is 46.8 Å². The summed E-state index contributed by atoms with van der Waals surface area (Å²) in [4.78, 5) is 15.3. The summed E-state index contributed by atoms with van der Waals surface area (Å²) in [7, 11) is 2.16. The number of nitrogens with one attached hydrogen (secondary N) is 2. The number of carbonyl (C=O) groups excluding carboxylic acids is 1. The molecule has 2 aromatic carbocycles. The van der Waals surface area contributed by atoms with Crippen molar-refractivity contribution in [3.63, 3.8) is 0 Å². The molecule has 0 saturated carbocycles. The van der Waals surface area contributed by atoms with Gasteiger partial charge >= 0.3 is 0 Å². The van der Waals surface area contributed by atoms with E-state index in [-0.39, 0.29) is 17.9 Å². The highest BCUT2D eigenvalue weighted by atomic mass is 16.5. The SMILES string of the molecule is CN1CCC([C@@H]2OCC[C@H]2C(=O)Nc2ccc(CNc3ccccc3)cc2)CC1. The zero-order valence-corrected chi connectivity index (χ0v) is 17.1. The van der Waals surface area contributed by atoms with Crippen LogP contribution >= 0.6 is 0 Å². The highest BCUT2D eigenvalue weighted by Gasteiger charge is 2.40. The Kier molecular flexibility index (Phi) is 6.47. The van der Waals surface area contributed by atoms with Gasteiger partial charge in [-0.25, -0.2) is 0 Å². The van der Waals surface area contributed by atoms with E-state index in [1.165, 1.54) is 5.56 Å². The van der Waals surface area contributed by atoms with Crippen molar-refractivity contribution in [1.29, 1.82) is 0 Å². The minimum atomic E-state index is -0.0390. The average Bonchev–Trinajstić information content (AvgIpc) is 3.25. The summed E-state index contributed by atoms with van der Waals surface area (Å²) in [5.41, 5.74) is 3.14. The van der Waals surface area contributed by atoms with Crippen LogP contribution in [0.4, 0.5) is 11.4 Å². The molecule has 2 aliphatic heterocycles. The van der Waals surface area contributed by atoms with Gasteiger partial charge in [-0.1, -0.05) is 30.3 Å². The standard InChI is InChI=1S/C24H31N3O2/c1-27-14-11-19(12-15-27)23-22(13-16-29-23)24(28)26-21-9-7-18(8-10-21)17-25-20-5-3-2-4-6-20/h2-10,19,22-23,25H,11-17H2,1H3,(H,26,28)/t22-,23+/m1/s1. The van der Waals surface area contributed by atoms with Crippen LogP contribution in [0.3, 0.4) is 0 Å². The van der Waals surface area contributed by atoms with E-state index < -0.39 is 0 Å². The number of nitrogens with zero attached hydrogens (tertiary/aromatic N) is 1. The van der Waals surface area contributed by atoms with Crippen LogP contribution < -0.4 is 10.6 Å². The van der Waals surface area contributed by atoms with Gasteiger partial charge in [0, 0.05) is 24.5 Å². The van der Waals surface area contributed by atoms with Crippen LogP contribution in [0.2, 0.25) is 0 Å². The molecular weight excluding hydrogens is 362 g/mol. The molecule has 5 heteroatoms. The first kappa shape index (κ1) is 19.9. The Morgan fingerprint density at radius 2 is 1.72 bits per heavy atom. The van der Waals surface area contributed by atoms with Crippen molar-refractivity contribution in [2.45, 2.75) is 31.9 Å². The summed E-state index contributed by atoms with van der Waals surface area (Å²) in [5.74, 6) is 0.556.